The Morgan fingerprint density at radius 3 is 2.20 bits per heavy atom. The number of nitrogens with two attached hydrogens (primary N) is 1. The van der Waals surface area contributed by atoms with Gasteiger partial charge in [0.05, 0.1) is 12.1 Å². The molecule has 0 aromatic carbocycles. The first-order chi connectivity index (χ1) is 6.88. The summed E-state index contributed by atoms with van der Waals surface area (Å²) < 4.78 is 0. The molecule has 4 nitrogen and oxygen atoms in total. The topological polar surface area (TPSA) is 72.2 Å². The average Bonchev–Trinajstić information content (AvgIpc) is 2.14. The molecule has 0 aliphatic heterocycles. The summed E-state index contributed by atoms with van der Waals surface area (Å²) in [6, 6.07) is -1.10. The Morgan fingerprint density at radius 2 is 1.87 bits per heavy atom. The molecular weight excluding hydrogens is 192 g/mol. The van der Waals surface area contributed by atoms with E-state index in [1.807, 2.05) is 34.0 Å². The maximum absolute atomic E-state index is 11.5. The minimum absolute atomic E-state index is 0.0661. The number of rotatable bonds is 6. The Morgan fingerprint density at radius 1 is 1.33 bits per heavy atom. The maximum atomic E-state index is 11.5. The van der Waals surface area contributed by atoms with E-state index in [-0.39, 0.29) is 11.8 Å². The van der Waals surface area contributed by atoms with E-state index in [4.69, 9.17) is 5.73 Å². The van der Waals surface area contributed by atoms with Gasteiger partial charge < -0.3 is 11.1 Å². The van der Waals surface area contributed by atoms with Crippen molar-refractivity contribution in [2.75, 3.05) is 0 Å². The highest BCUT2D eigenvalue weighted by molar-refractivity contribution is 5.84. The summed E-state index contributed by atoms with van der Waals surface area (Å²) in [5, 5.41) is 2.59. The standard InChI is InChI=1S/C11H21N2O2/c1-7(2)5-9(6-14)13-11(15)10(12)8(3)4/h7-10H,5,12H2,1-4H3,(H,13,15)/t9-,10-/m0/s1. The van der Waals surface area contributed by atoms with Crippen molar-refractivity contribution >= 4 is 12.2 Å². The molecule has 2 atom stereocenters. The number of carbonyl (C=O) groups excluding carboxylic acids is 2. The summed E-state index contributed by atoms with van der Waals surface area (Å²) >= 11 is 0. The van der Waals surface area contributed by atoms with Crippen molar-refractivity contribution in [2.45, 2.75) is 46.2 Å². The van der Waals surface area contributed by atoms with Gasteiger partial charge in [0.1, 0.15) is 0 Å². The smallest absolute Gasteiger partial charge is 0.237 e. The van der Waals surface area contributed by atoms with E-state index in [0.29, 0.717) is 12.3 Å². The maximum Gasteiger partial charge on any atom is 0.237 e. The quantitative estimate of drug-likeness (QED) is 0.679. The van der Waals surface area contributed by atoms with Crippen molar-refractivity contribution in [3.05, 3.63) is 0 Å². The summed E-state index contributed by atoms with van der Waals surface area (Å²) in [4.78, 5) is 22.1. The van der Waals surface area contributed by atoms with Crippen LogP contribution in [0.15, 0.2) is 0 Å². The molecule has 0 rings (SSSR count). The summed E-state index contributed by atoms with van der Waals surface area (Å²) in [6.45, 7) is 7.70. The zero-order valence-electron chi connectivity index (χ0n) is 9.91. The van der Waals surface area contributed by atoms with E-state index < -0.39 is 12.1 Å². The summed E-state index contributed by atoms with van der Waals surface area (Å²) in [7, 11) is 0. The third kappa shape index (κ3) is 5.52. The molecule has 0 bridgehead atoms. The number of hydrogen-bond donors (Lipinski definition) is 2. The molecule has 3 N–H and O–H groups in total. The van der Waals surface area contributed by atoms with Gasteiger partial charge in [-0.25, -0.2) is 0 Å². The molecular formula is C11H21N2O2. The molecule has 0 aromatic heterocycles. The van der Waals surface area contributed by atoms with Gasteiger partial charge in [-0.2, -0.15) is 0 Å². The molecule has 0 aliphatic carbocycles. The Labute approximate surface area is 91.6 Å². The van der Waals surface area contributed by atoms with Crippen LogP contribution in [0.4, 0.5) is 0 Å². The predicted octanol–water partition coefficient (Wildman–Crippen LogP) is 0.610. The third-order valence-corrected chi connectivity index (χ3v) is 2.19. The van der Waals surface area contributed by atoms with Gasteiger partial charge in [-0.1, -0.05) is 27.7 Å². The Balaban J connectivity index is 4.18. The van der Waals surface area contributed by atoms with Gasteiger partial charge >= 0.3 is 0 Å². The van der Waals surface area contributed by atoms with Crippen LogP contribution in [0.2, 0.25) is 0 Å². The SMILES string of the molecule is CC(C)C[C@@H]([C]=O)NC(=O)[C@@H](N)C(C)C. The zero-order valence-corrected chi connectivity index (χ0v) is 9.91. The fourth-order valence-electron chi connectivity index (χ4n) is 1.18. The first-order valence-electron chi connectivity index (χ1n) is 5.32. The number of hydrogen-bond acceptors (Lipinski definition) is 3. The molecule has 0 saturated carbocycles. The van der Waals surface area contributed by atoms with Crippen molar-refractivity contribution in [3.8, 4) is 0 Å². The van der Waals surface area contributed by atoms with E-state index in [0.717, 1.165) is 0 Å². The fourth-order valence-corrected chi connectivity index (χ4v) is 1.18. The highest BCUT2D eigenvalue weighted by atomic mass is 16.2. The lowest BCUT2D eigenvalue weighted by Gasteiger charge is -2.19. The van der Waals surface area contributed by atoms with Crippen LogP contribution in [-0.4, -0.2) is 24.3 Å². The molecule has 0 spiro atoms. The molecule has 0 unspecified atom stereocenters. The minimum Gasteiger partial charge on any atom is -0.344 e. The van der Waals surface area contributed by atoms with Crippen molar-refractivity contribution in [1.29, 1.82) is 0 Å². The summed E-state index contributed by atoms with van der Waals surface area (Å²) in [5.41, 5.74) is 5.65. The zero-order chi connectivity index (χ0) is 12.0. The first kappa shape index (κ1) is 14.1. The largest absolute Gasteiger partial charge is 0.344 e. The molecule has 0 fully saturated rings. The molecule has 0 aliphatic rings. The lowest BCUT2D eigenvalue weighted by Crippen LogP contribution is -2.48. The van der Waals surface area contributed by atoms with Crippen molar-refractivity contribution < 1.29 is 9.59 Å². The van der Waals surface area contributed by atoms with E-state index in [1.165, 1.54) is 0 Å². The van der Waals surface area contributed by atoms with Gasteiger partial charge in [-0.3, -0.25) is 9.59 Å². The number of nitrogens with one attached hydrogen (secondary N) is 1. The monoisotopic (exact) mass is 213 g/mol. The molecule has 0 heterocycles. The summed E-state index contributed by atoms with van der Waals surface area (Å²) in [5.74, 6) is 0.127. The van der Waals surface area contributed by atoms with Gasteiger partial charge in [-0.15, -0.1) is 0 Å². The number of carbonyl (C=O) groups is 1. The van der Waals surface area contributed by atoms with Crippen LogP contribution in [0.25, 0.3) is 0 Å². The molecule has 1 amide bonds. The van der Waals surface area contributed by atoms with Crippen molar-refractivity contribution in [1.82, 2.24) is 5.32 Å². The van der Waals surface area contributed by atoms with E-state index in [2.05, 4.69) is 5.32 Å². The van der Waals surface area contributed by atoms with Gasteiger partial charge in [0.25, 0.3) is 0 Å². The van der Waals surface area contributed by atoms with Gasteiger partial charge in [0, 0.05) is 0 Å². The second kappa shape index (κ2) is 6.56. The van der Waals surface area contributed by atoms with Gasteiger partial charge in [0.15, 0.2) is 0 Å². The normalized spacial score (nSPS) is 15.1. The first-order valence-corrected chi connectivity index (χ1v) is 5.32. The van der Waals surface area contributed by atoms with Crippen LogP contribution >= 0.6 is 0 Å². The van der Waals surface area contributed by atoms with Crippen LogP contribution < -0.4 is 11.1 Å². The second-order valence-corrected chi connectivity index (χ2v) is 4.58. The Bertz CT molecular complexity index is 215. The van der Waals surface area contributed by atoms with E-state index in [9.17, 15) is 9.59 Å². The highest BCUT2D eigenvalue weighted by Crippen LogP contribution is 2.04. The molecule has 4 heteroatoms. The minimum atomic E-state index is -0.562. The molecule has 0 aromatic rings. The predicted molar refractivity (Wildman–Crippen MR) is 59.9 cm³/mol. The average molecular weight is 213 g/mol. The Kier molecular flexibility index (Phi) is 6.17. The lowest BCUT2D eigenvalue weighted by molar-refractivity contribution is -0.123. The Hall–Kier alpha value is -0.900. The van der Waals surface area contributed by atoms with Crippen LogP contribution in [0.5, 0.6) is 0 Å². The molecule has 15 heavy (non-hydrogen) atoms. The second-order valence-electron chi connectivity index (χ2n) is 4.58. The molecule has 87 valence electrons. The van der Waals surface area contributed by atoms with Crippen LogP contribution in [0, 0.1) is 11.8 Å². The van der Waals surface area contributed by atoms with Crippen molar-refractivity contribution in [2.24, 2.45) is 17.6 Å². The number of amides is 1. The molecule has 1 radical (unpaired) electrons. The van der Waals surface area contributed by atoms with E-state index in [1.54, 1.807) is 0 Å². The van der Waals surface area contributed by atoms with Crippen LogP contribution in [0.3, 0.4) is 0 Å². The lowest BCUT2D eigenvalue weighted by atomic mass is 10.0. The van der Waals surface area contributed by atoms with Gasteiger partial charge in [0.2, 0.25) is 12.2 Å². The van der Waals surface area contributed by atoms with E-state index >= 15 is 0 Å². The highest BCUT2D eigenvalue weighted by Gasteiger charge is 2.21. The van der Waals surface area contributed by atoms with Gasteiger partial charge in [-0.05, 0) is 18.3 Å². The van der Waals surface area contributed by atoms with Crippen LogP contribution in [0.1, 0.15) is 34.1 Å². The summed E-state index contributed by atoms with van der Waals surface area (Å²) in [6.07, 6.45) is 2.42. The fraction of sp³-hybridized carbons (Fsp3) is 0.818. The van der Waals surface area contributed by atoms with Crippen LogP contribution in [-0.2, 0) is 9.59 Å². The third-order valence-electron chi connectivity index (χ3n) is 2.19. The molecule has 0 saturated heterocycles. The van der Waals surface area contributed by atoms with Crippen molar-refractivity contribution in [3.63, 3.8) is 0 Å².